The summed E-state index contributed by atoms with van der Waals surface area (Å²) in [5.41, 5.74) is 7.50. The first-order valence-electron chi connectivity index (χ1n) is 6.87. The summed E-state index contributed by atoms with van der Waals surface area (Å²) in [4.78, 5) is 6.37. The standard InChI is InChI=1S/C16H19BrFN3/c1-21(9-7-13-4-2-3-8-20-13)16(11-19)14-10-12(17)5-6-15(14)18/h2-6,8,10,16H,7,9,11,19H2,1H3. The van der Waals surface area contributed by atoms with Crippen molar-refractivity contribution in [1.29, 1.82) is 0 Å². The van der Waals surface area contributed by atoms with Gasteiger partial charge in [0.05, 0.1) is 0 Å². The fourth-order valence-electron chi connectivity index (χ4n) is 2.31. The molecule has 0 fully saturated rings. The predicted octanol–water partition coefficient (Wildman–Crippen LogP) is 3.16. The van der Waals surface area contributed by atoms with E-state index in [1.54, 1.807) is 18.3 Å². The maximum atomic E-state index is 14.0. The lowest BCUT2D eigenvalue weighted by molar-refractivity contribution is 0.247. The highest BCUT2D eigenvalue weighted by Gasteiger charge is 2.19. The number of likely N-dealkylation sites (N-methyl/N-ethyl adjacent to an activating group) is 1. The van der Waals surface area contributed by atoms with E-state index in [0.29, 0.717) is 12.1 Å². The lowest BCUT2D eigenvalue weighted by Crippen LogP contribution is -2.32. The van der Waals surface area contributed by atoms with Gasteiger partial charge in [-0.1, -0.05) is 22.0 Å². The number of halogens is 2. The second kappa shape index (κ2) is 7.64. The molecule has 2 aromatic rings. The van der Waals surface area contributed by atoms with E-state index in [1.165, 1.54) is 6.07 Å². The van der Waals surface area contributed by atoms with Crippen molar-refractivity contribution < 1.29 is 4.39 Å². The Morgan fingerprint density at radius 2 is 2.14 bits per heavy atom. The molecule has 1 atom stereocenters. The van der Waals surface area contributed by atoms with Gasteiger partial charge in [0, 0.05) is 47.5 Å². The molecule has 2 N–H and O–H groups in total. The van der Waals surface area contributed by atoms with Crippen LogP contribution in [0.4, 0.5) is 4.39 Å². The van der Waals surface area contributed by atoms with Crippen molar-refractivity contribution in [3.8, 4) is 0 Å². The van der Waals surface area contributed by atoms with Crippen LogP contribution in [0.25, 0.3) is 0 Å². The number of nitrogens with zero attached hydrogens (tertiary/aromatic N) is 2. The molecule has 1 unspecified atom stereocenters. The monoisotopic (exact) mass is 351 g/mol. The van der Waals surface area contributed by atoms with Crippen LogP contribution in [0.1, 0.15) is 17.3 Å². The Labute approximate surface area is 133 Å². The molecule has 112 valence electrons. The van der Waals surface area contributed by atoms with Gasteiger partial charge in [-0.15, -0.1) is 0 Å². The van der Waals surface area contributed by atoms with Gasteiger partial charge in [0.25, 0.3) is 0 Å². The Hall–Kier alpha value is -1.30. The minimum Gasteiger partial charge on any atom is -0.329 e. The summed E-state index contributed by atoms with van der Waals surface area (Å²) < 4.78 is 14.9. The highest BCUT2D eigenvalue weighted by Crippen LogP contribution is 2.25. The van der Waals surface area contributed by atoms with Crippen LogP contribution >= 0.6 is 15.9 Å². The molecule has 0 aliphatic rings. The Morgan fingerprint density at radius 3 is 2.81 bits per heavy atom. The normalized spacial score (nSPS) is 12.6. The third-order valence-electron chi connectivity index (χ3n) is 3.52. The molecule has 0 saturated heterocycles. The molecular weight excluding hydrogens is 333 g/mol. The van der Waals surface area contributed by atoms with Gasteiger partial charge >= 0.3 is 0 Å². The molecule has 0 amide bonds. The molecular formula is C16H19BrFN3. The smallest absolute Gasteiger partial charge is 0.128 e. The first-order valence-corrected chi connectivity index (χ1v) is 7.66. The van der Waals surface area contributed by atoms with Gasteiger partial charge < -0.3 is 5.73 Å². The van der Waals surface area contributed by atoms with Gasteiger partial charge in [-0.3, -0.25) is 9.88 Å². The lowest BCUT2D eigenvalue weighted by Gasteiger charge is -2.27. The first-order chi connectivity index (χ1) is 10.1. The van der Waals surface area contributed by atoms with Crippen LogP contribution in [0, 0.1) is 5.82 Å². The van der Waals surface area contributed by atoms with Gasteiger partial charge in [0.15, 0.2) is 0 Å². The van der Waals surface area contributed by atoms with E-state index in [0.717, 1.165) is 23.1 Å². The minimum absolute atomic E-state index is 0.147. The van der Waals surface area contributed by atoms with Crippen LogP contribution in [0.15, 0.2) is 47.1 Å². The zero-order valence-electron chi connectivity index (χ0n) is 12.0. The number of pyridine rings is 1. The fraction of sp³-hybridized carbons (Fsp3) is 0.312. The van der Waals surface area contributed by atoms with Crippen LogP contribution in [0.2, 0.25) is 0 Å². The van der Waals surface area contributed by atoms with E-state index in [1.807, 2.05) is 25.2 Å². The van der Waals surface area contributed by atoms with Crippen LogP contribution in [0.3, 0.4) is 0 Å². The van der Waals surface area contributed by atoms with Crippen LogP contribution in [-0.2, 0) is 6.42 Å². The highest BCUT2D eigenvalue weighted by molar-refractivity contribution is 9.10. The molecule has 3 nitrogen and oxygen atoms in total. The summed E-state index contributed by atoms with van der Waals surface area (Å²) >= 11 is 3.38. The van der Waals surface area contributed by atoms with Crippen molar-refractivity contribution in [3.05, 3.63) is 64.1 Å². The molecule has 0 bridgehead atoms. The van der Waals surface area contributed by atoms with Gasteiger partial charge in [0.2, 0.25) is 0 Å². The van der Waals surface area contributed by atoms with Crippen molar-refractivity contribution in [1.82, 2.24) is 9.88 Å². The van der Waals surface area contributed by atoms with Gasteiger partial charge in [-0.05, 0) is 37.4 Å². The Morgan fingerprint density at radius 1 is 1.33 bits per heavy atom. The third kappa shape index (κ3) is 4.33. The van der Waals surface area contributed by atoms with E-state index in [9.17, 15) is 4.39 Å². The van der Waals surface area contributed by atoms with Gasteiger partial charge in [-0.2, -0.15) is 0 Å². The van der Waals surface area contributed by atoms with Crippen LogP contribution < -0.4 is 5.73 Å². The number of hydrogen-bond acceptors (Lipinski definition) is 3. The van der Waals surface area contributed by atoms with Crippen molar-refractivity contribution in [2.45, 2.75) is 12.5 Å². The number of aromatic nitrogens is 1. The molecule has 1 heterocycles. The van der Waals surface area contributed by atoms with E-state index >= 15 is 0 Å². The van der Waals surface area contributed by atoms with Crippen molar-refractivity contribution in [2.75, 3.05) is 20.1 Å². The molecule has 0 aliphatic heterocycles. The van der Waals surface area contributed by atoms with Crippen molar-refractivity contribution in [3.63, 3.8) is 0 Å². The molecule has 1 aromatic heterocycles. The predicted molar refractivity (Wildman–Crippen MR) is 86.5 cm³/mol. The van der Waals surface area contributed by atoms with Gasteiger partial charge in [-0.25, -0.2) is 4.39 Å². The molecule has 0 aliphatic carbocycles. The zero-order chi connectivity index (χ0) is 15.2. The van der Waals surface area contributed by atoms with E-state index in [2.05, 4.69) is 25.8 Å². The molecule has 2 rings (SSSR count). The second-order valence-electron chi connectivity index (χ2n) is 4.97. The van der Waals surface area contributed by atoms with Crippen LogP contribution in [0.5, 0.6) is 0 Å². The maximum Gasteiger partial charge on any atom is 0.128 e. The summed E-state index contributed by atoms with van der Waals surface area (Å²) in [6.07, 6.45) is 2.59. The zero-order valence-corrected chi connectivity index (χ0v) is 13.6. The van der Waals surface area contributed by atoms with Crippen LogP contribution in [-0.4, -0.2) is 30.0 Å². The molecule has 1 aromatic carbocycles. The van der Waals surface area contributed by atoms with Crippen molar-refractivity contribution >= 4 is 15.9 Å². The second-order valence-corrected chi connectivity index (χ2v) is 5.88. The number of benzene rings is 1. The Balaban J connectivity index is 2.08. The third-order valence-corrected chi connectivity index (χ3v) is 4.01. The maximum absolute atomic E-state index is 14.0. The quantitative estimate of drug-likeness (QED) is 0.869. The average molecular weight is 352 g/mol. The Kier molecular flexibility index (Phi) is 5.85. The average Bonchev–Trinajstić information content (AvgIpc) is 2.50. The SMILES string of the molecule is CN(CCc1ccccn1)C(CN)c1cc(Br)ccc1F. The summed E-state index contributed by atoms with van der Waals surface area (Å²) in [6, 6.07) is 10.7. The number of nitrogens with two attached hydrogens (primary N) is 1. The lowest BCUT2D eigenvalue weighted by atomic mass is 10.0. The molecule has 21 heavy (non-hydrogen) atoms. The number of rotatable bonds is 6. The molecule has 0 saturated carbocycles. The molecule has 0 spiro atoms. The number of hydrogen-bond donors (Lipinski definition) is 1. The van der Waals surface area contributed by atoms with E-state index in [4.69, 9.17) is 5.73 Å². The van der Waals surface area contributed by atoms with E-state index < -0.39 is 0 Å². The minimum atomic E-state index is -0.224. The Bertz CT molecular complexity index is 577. The highest BCUT2D eigenvalue weighted by atomic mass is 79.9. The summed E-state index contributed by atoms with van der Waals surface area (Å²) in [5, 5.41) is 0. The summed E-state index contributed by atoms with van der Waals surface area (Å²) in [6.45, 7) is 1.14. The topological polar surface area (TPSA) is 42.2 Å². The van der Waals surface area contributed by atoms with Gasteiger partial charge in [0.1, 0.15) is 5.82 Å². The molecule has 0 radical (unpaired) electrons. The largest absolute Gasteiger partial charge is 0.329 e. The van der Waals surface area contributed by atoms with Crippen molar-refractivity contribution in [2.24, 2.45) is 5.73 Å². The fourth-order valence-corrected chi connectivity index (χ4v) is 2.69. The first kappa shape index (κ1) is 16.1. The van der Waals surface area contributed by atoms with E-state index in [-0.39, 0.29) is 11.9 Å². The molecule has 5 heteroatoms. The summed E-state index contributed by atoms with van der Waals surface area (Å²) in [7, 11) is 1.96. The summed E-state index contributed by atoms with van der Waals surface area (Å²) in [5.74, 6) is -0.224.